The first-order valence-electron chi connectivity index (χ1n) is 8.32. The van der Waals surface area contributed by atoms with Crippen molar-refractivity contribution in [2.45, 2.75) is 25.3 Å². The van der Waals surface area contributed by atoms with E-state index in [-0.39, 0.29) is 0 Å². The first-order valence-corrected chi connectivity index (χ1v) is 8.69. The van der Waals surface area contributed by atoms with E-state index in [0.717, 1.165) is 42.3 Å². The molecule has 128 valence electrons. The number of ether oxygens (including phenoxy) is 2. The molecule has 0 bridgehead atoms. The molecule has 0 unspecified atom stereocenters. The summed E-state index contributed by atoms with van der Waals surface area (Å²) in [7, 11) is 5.59. The summed E-state index contributed by atoms with van der Waals surface area (Å²) in [6.45, 7) is 1.06. The molecular formula is C20H24ClNO2. The average Bonchev–Trinajstić information content (AvgIpc) is 2.61. The zero-order valence-corrected chi connectivity index (χ0v) is 15.3. The van der Waals surface area contributed by atoms with Crippen molar-refractivity contribution < 1.29 is 9.47 Å². The molecule has 0 aliphatic carbocycles. The number of nitrogens with zero attached hydrogens (tertiary/aromatic N) is 1. The quantitative estimate of drug-likeness (QED) is 0.795. The molecule has 3 nitrogen and oxygen atoms in total. The molecule has 0 saturated carbocycles. The van der Waals surface area contributed by atoms with Crippen molar-refractivity contribution in [1.29, 1.82) is 0 Å². The van der Waals surface area contributed by atoms with Gasteiger partial charge in [-0.1, -0.05) is 23.7 Å². The maximum absolute atomic E-state index is 5.98. The van der Waals surface area contributed by atoms with Gasteiger partial charge in [-0.3, -0.25) is 4.90 Å². The number of aryl methyl sites for hydroxylation is 1. The van der Waals surface area contributed by atoms with Crippen LogP contribution in [0, 0.1) is 0 Å². The Labute approximate surface area is 149 Å². The zero-order valence-electron chi connectivity index (χ0n) is 14.5. The van der Waals surface area contributed by atoms with Crippen LogP contribution in [0.3, 0.4) is 0 Å². The minimum atomic E-state index is 0.393. The molecule has 1 heterocycles. The number of hydrogen-bond acceptors (Lipinski definition) is 3. The van der Waals surface area contributed by atoms with Crippen LogP contribution in [-0.4, -0.2) is 32.7 Å². The molecule has 24 heavy (non-hydrogen) atoms. The number of likely N-dealkylation sites (N-methyl/N-ethyl adjacent to an activating group) is 1. The number of halogens is 1. The van der Waals surface area contributed by atoms with Gasteiger partial charge in [0.05, 0.1) is 14.2 Å². The molecule has 1 aliphatic heterocycles. The standard InChI is InChI=1S/C20H24ClNO2/c1-22-11-10-15-12-19(23-2)20(24-3)13-17(15)18(22)9-6-14-4-7-16(21)8-5-14/h4-5,7-8,12-13,18H,6,9-11H2,1-3H3/t18-/m0/s1. The van der Waals surface area contributed by atoms with E-state index in [4.69, 9.17) is 21.1 Å². The van der Waals surface area contributed by atoms with Crippen LogP contribution in [0.1, 0.15) is 29.2 Å². The molecule has 4 heteroatoms. The van der Waals surface area contributed by atoms with Gasteiger partial charge < -0.3 is 9.47 Å². The minimum absolute atomic E-state index is 0.393. The van der Waals surface area contributed by atoms with Crippen LogP contribution in [0.5, 0.6) is 11.5 Å². The molecule has 0 spiro atoms. The predicted octanol–water partition coefficient (Wildman–Crippen LogP) is 4.52. The Kier molecular flexibility index (Phi) is 5.32. The van der Waals surface area contributed by atoms with E-state index in [1.54, 1.807) is 14.2 Å². The number of hydrogen-bond donors (Lipinski definition) is 0. The third-order valence-electron chi connectivity index (χ3n) is 4.89. The van der Waals surface area contributed by atoms with Crippen LogP contribution >= 0.6 is 11.6 Å². The molecule has 2 aromatic carbocycles. The first-order chi connectivity index (χ1) is 11.6. The van der Waals surface area contributed by atoms with Gasteiger partial charge in [0, 0.05) is 17.6 Å². The topological polar surface area (TPSA) is 21.7 Å². The Morgan fingerprint density at radius 3 is 2.42 bits per heavy atom. The maximum Gasteiger partial charge on any atom is 0.161 e. The molecule has 0 amide bonds. The molecule has 3 rings (SSSR count). The van der Waals surface area contributed by atoms with Crippen molar-refractivity contribution in [1.82, 2.24) is 4.90 Å². The molecule has 1 atom stereocenters. The molecule has 0 fully saturated rings. The first kappa shape index (κ1) is 17.1. The second-order valence-corrected chi connectivity index (χ2v) is 6.75. The Hall–Kier alpha value is -1.71. The van der Waals surface area contributed by atoms with E-state index in [0.29, 0.717) is 6.04 Å². The smallest absolute Gasteiger partial charge is 0.161 e. The average molecular weight is 346 g/mol. The normalized spacial score (nSPS) is 17.4. The summed E-state index contributed by atoms with van der Waals surface area (Å²) in [5.41, 5.74) is 4.04. The lowest BCUT2D eigenvalue weighted by atomic mass is 9.89. The summed E-state index contributed by atoms with van der Waals surface area (Å²) in [6, 6.07) is 12.8. The van der Waals surface area contributed by atoms with Crippen LogP contribution in [-0.2, 0) is 12.8 Å². The van der Waals surface area contributed by atoms with E-state index in [1.165, 1.54) is 16.7 Å². The molecule has 0 radical (unpaired) electrons. The zero-order chi connectivity index (χ0) is 17.1. The van der Waals surface area contributed by atoms with Crippen molar-refractivity contribution >= 4 is 11.6 Å². The van der Waals surface area contributed by atoms with Crippen LogP contribution < -0.4 is 9.47 Å². The van der Waals surface area contributed by atoms with Crippen LogP contribution in [0.2, 0.25) is 5.02 Å². The summed E-state index contributed by atoms with van der Waals surface area (Å²) >= 11 is 5.98. The fourth-order valence-electron chi connectivity index (χ4n) is 3.48. The summed E-state index contributed by atoms with van der Waals surface area (Å²) in [5, 5.41) is 0.788. The third kappa shape index (κ3) is 3.52. The number of methoxy groups -OCH3 is 2. The van der Waals surface area contributed by atoms with Crippen LogP contribution in [0.15, 0.2) is 36.4 Å². The highest BCUT2D eigenvalue weighted by molar-refractivity contribution is 6.30. The highest BCUT2D eigenvalue weighted by Crippen LogP contribution is 2.39. The van der Waals surface area contributed by atoms with Gasteiger partial charge in [0.1, 0.15) is 0 Å². The second kappa shape index (κ2) is 7.45. The summed E-state index contributed by atoms with van der Waals surface area (Å²) in [5.74, 6) is 1.63. The summed E-state index contributed by atoms with van der Waals surface area (Å²) < 4.78 is 11.0. The Morgan fingerprint density at radius 1 is 1.08 bits per heavy atom. The number of rotatable bonds is 5. The van der Waals surface area contributed by atoms with Gasteiger partial charge in [-0.25, -0.2) is 0 Å². The van der Waals surface area contributed by atoms with E-state index in [9.17, 15) is 0 Å². The van der Waals surface area contributed by atoms with Gasteiger partial charge in [-0.2, -0.15) is 0 Å². The molecule has 0 aromatic heterocycles. The van der Waals surface area contributed by atoms with E-state index in [1.807, 2.05) is 12.1 Å². The van der Waals surface area contributed by atoms with Crippen LogP contribution in [0.4, 0.5) is 0 Å². The highest BCUT2D eigenvalue weighted by Gasteiger charge is 2.26. The van der Waals surface area contributed by atoms with E-state index < -0.39 is 0 Å². The number of benzene rings is 2. The van der Waals surface area contributed by atoms with Crippen molar-refractivity contribution in [3.05, 3.63) is 58.1 Å². The monoisotopic (exact) mass is 345 g/mol. The lowest BCUT2D eigenvalue weighted by Crippen LogP contribution is -2.32. The summed E-state index contributed by atoms with van der Waals surface area (Å²) in [4.78, 5) is 2.43. The van der Waals surface area contributed by atoms with Crippen molar-refractivity contribution in [2.75, 3.05) is 27.8 Å². The van der Waals surface area contributed by atoms with Crippen LogP contribution in [0.25, 0.3) is 0 Å². The van der Waals surface area contributed by atoms with Gasteiger partial charge >= 0.3 is 0 Å². The SMILES string of the molecule is COc1cc2c(cc1OC)[C@H](CCc1ccc(Cl)cc1)N(C)CC2. The Bertz CT molecular complexity index is 700. The van der Waals surface area contributed by atoms with Crippen molar-refractivity contribution in [3.8, 4) is 11.5 Å². The van der Waals surface area contributed by atoms with Gasteiger partial charge in [-0.15, -0.1) is 0 Å². The lowest BCUT2D eigenvalue weighted by molar-refractivity contribution is 0.218. The molecular weight excluding hydrogens is 322 g/mol. The van der Waals surface area contributed by atoms with E-state index in [2.05, 4.69) is 36.2 Å². The Morgan fingerprint density at radius 2 is 1.75 bits per heavy atom. The summed E-state index contributed by atoms with van der Waals surface area (Å²) in [6.07, 6.45) is 3.14. The van der Waals surface area contributed by atoms with Gasteiger partial charge in [0.2, 0.25) is 0 Å². The van der Waals surface area contributed by atoms with Gasteiger partial charge in [-0.05, 0) is 67.3 Å². The maximum atomic E-state index is 5.98. The van der Waals surface area contributed by atoms with Crippen molar-refractivity contribution in [2.24, 2.45) is 0 Å². The largest absolute Gasteiger partial charge is 0.493 e. The third-order valence-corrected chi connectivity index (χ3v) is 5.14. The predicted molar refractivity (Wildman–Crippen MR) is 98.4 cm³/mol. The number of fused-ring (bicyclic) bond motifs is 1. The Balaban J connectivity index is 1.84. The van der Waals surface area contributed by atoms with Gasteiger partial charge in [0.15, 0.2) is 11.5 Å². The molecule has 2 aromatic rings. The lowest BCUT2D eigenvalue weighted by Gasteiger charge is -2.35. The van der Waals surface area contributed by atoms with E-state index >= 15 is 0 Å². The fourth-order valence-corrected chi connectivity index (χ4v) is 3.61. The van der Waals surface area contributed by atoms with Crippen molar-refractivity contribution in [3.63, 3.8) is 0 Å². The van der Waals surface area contributed by atoms with Gasteiger partial charge in [0.25, 0.3) is 0 Å². The second-order valence-electron chi connectivity index (χ2n) is 6.32. The molecule has 1 aliphatic rings. The molecule has 0 saturated heterocycles. The highest BCUT2D eigenvalue weighted by atomic mass is 35.5. The fraction of sp³-hybridized carbons (Fsp3) is 0.400. The molecule has 0 N–H and O–H groups in total. The minimum Gasteiger partial charge on any atom is -0.493 e.